The van der Waals surface area contributed by atoms with Gasteiger partial charge in [0.25, 0.3) is 5.56 Å². The molecule has 1 N–H and O–H groups in total. The molecule has 1 unspecified atom stereocenters. The fraction of sp³-hybridized carbons (Fsp3) is 0.296. The molecule has 1 amide bonds. The molecule has 1 atom stereocenters. The molecule has 2 aromatic carbocycles. The smallest absolute Gasteiger partial charge is 0.263 e. The Labute approximate surface area is 197 Å². The lowest BCUT2D eigenvalue weighted by atomic mass is 9.89. The normalized spacial score (nSPS) is 14.2. The molecule has 0 bridgehead atoms. The number of nitrogens with one attached hydrogen (secondary N) is 1. The highest BCUT2D eigenvalue weighted by Gasteiger charge is 2.21. The van der Waals surface area contributed by atoms with Gasteiger partial charge in [0, 0.05) is 16.6 Å². The molecular formula is C27H27N3O2S. The van der Waals surface area contributed by atoms with E-state index in [9.17, 15) is 9.59 Å². The van der Waals surface area contributed by atoms with Crippen LogP contribution >= 0.6 is 11.3 Å². The molecule has 0 aliphatic heterocycles. The number of amides is 1. The fourth-order valence-corrected chi connectivity index (χ4v) is 5.49. The third-order valence-corrected chi connectivity index (χ3v) is 7.72. The van der Waals surface area contributed by atoms with Crippen molar-refractivity contribution in [2.24, 2.45) is 0 Å². The molecule has 0 spiro atoms. The molecule has 1 aliphatic rings. The van der Waals surface area contributed by atoms with E-state index in [0.29, 0.717) is 10.2 Å². The van der Waals surface area contributed by atoms with Gasteiger partial charge in [0.2, 0.25) is 5.91 Å². The Hall–Kier alpha value is -3.25. The maximum absolute atomic E-state index is 13.5. The average Bonchev–Trinajstić information content (AvgIpc) is 3.26. The maximum atomic E-state index is 13.5. The summed E-state index contributed by atoms with van der Waals surface area (Å²) < 4.78 is 1.44. The van der Waals surface area contributed by atoms with Crippen LogP contribution in [0.3, 0.4) is 0 Å². The number of hydrogen-bond donors (Lipinski definition) is 1. The molecule has 2 aromatic heterocycles. The minimum Gasteiger partial charge on any atom is -0.324 e. The van der Waals surface area contributed by atoms with Crippen molar-refractivity contribution in [3.05, 3.63) is 80.7 Å². The number of hydrogen-bond acceptors (Lipinski definition) is 4. The van der Waals surface area contributed by atoms with Gasteiger partial charge in [0.15, 0.2) is 0 Å². The first-order valence-corrected chi connectivity index (χ1v) is 12.3. The zero-order valence-electron chi connectivity index (χ0n) is 19.1. The van der Waals surface area contributed by atoms with E-state index < -0.39 is 6.04 Å². The van der Waals surface area contributed by atoms with Crippen LogP contribution in [-0.2, 0) is 17.6 Å². The van der Waals surface area contributed by atoms with Crippen molar-refractivity contribution < 1.29 is 4.79 Å². The second-order valence-electron chi connectivity index (χ2n) is 8.89. The Morgan fingerprint density at radius 3 is 2.73 bits per heavy atom. The predicted molar refractivity (Wildman–Crippen MR) is 135 cm³/mol. The molecule has 1 aliphatic carbocycles. The van der Waals surface area contributed by atoms with Crippen molar-refractivity contribution in [1.82, 2.24) is 9.55 Å². The second-order valence-corrected chi connectivity index (χ2v) is 9.75. The zero-order valence-corrected chi connectivity index (χ0v) is 20.0. The van der Waals surface area contributed by atoms with Crippen LogP contribution in [0.4, 0.5) is 5.69 Å². The lowest BCUT2D eigenvalue weighted by Crippen LogP contribution is -2.32. The highest BCUT2D eigenvalue weighted by Crippen LogP contribution is 2.33. The van der Waals surface area contributed by atoms with Crippen LogP contribution in [0, 0.1) is 13.8 Å². The van der Waals surface area contributed by atoms with E-state index >= 15 is 0 Å². The Balaban J connectivity index is 1.51. The van der Waals surface area contributed by atoms with Gasteiger partial charge in [-0.15, -0.1) is 11.3 Å². The summed E-state index contributed by atoms with van der Waals surface area (Å²) in [4.78, 5) is 31.8. The molecule has 6 heteroatoms. The summed E-state index contributed by atoms with van der Waals surface area (Å²) in [6.45, 7) is 5.72. The van der Waals surface area contributed by atoms with Crippen molar-refractivity contribution in [1.29, 1.82) is 0 Å². The van der Waals surface area contributed by atoms with Gasteiger partial charge in [-0.3, -0.25) is 14.2 Å². The Morgan fingerprint density at radius 1 is 1.12 bits per heavy atom. The van der Waals surface area contributed by atoms with Gasteiger partial charge in [0.05, 0.1) is 11.7 Å². The van der Waals surface area contributed by atoms with E-state index in [1.54, 1.807) is 6.92 Å². The lowest BCUT2D eigenvalue weighted by molar-refractivity contribution is -0.118. The fourth-order valence-electron chi connectivity index (χ4n) is 4.58. The number of benzene rings is 2. The van der Waals surface area contributed by atoms with Gasteiger partial charge < -0.3 is 5.32 Å². The number of carbonyl (C=O) groups excluding carboxylic acids is 1. The van der Waals surface area contributed by atoms with Crippen LogP contribution in [-0.4, -0.2) is 15.5 Å². The monoisotopic (exact) mass is 457 g/mol. The highest BCUT2D eigenvalue weighted by atomic mass is 32.1. The van der Waals surface area contributed by atoms with Gasteiger partial charge in [-0.25, -0.2) is 4.98 Å². The van der Waals surface area contributed by atoms with Crippen LogP contribution in [0.5, 0.6) is 0 Å². The van der Waals surface area contributed by atoms with Crippen LogP contribution in [0.15, 0.2) is 52.9 Å². The van der Waals surface area contributed by atoms with Crippen LogP contribution in [0.25, 0.3) is 21.3 Å². The molecule has 0 saturated heterocycles. The molecule has 5 rings (SSSR count). The summed E-state index contributed by atoms with van der Waals surface area (Å²) >= 11 is 1.47. The van der Waals surface area contributed by atoms with Crippen LogP contribution < -0.4 is 10.9 Å². The molecule has 33 heavy (non-hydrogen) atoms. The number of fused-ring (bicyclic) bond motifs is 2. The van der Waals surface area contributed by atoms with Crippen molar-refractivity contribution in [2.45, 2.75) is 52.5 Å². The average molecular weight is 458 g/mol. The van der Waals surface area contributed by atoms with Gasteiger partial charge in [-0.1, -0.05) is 30.3 Å². The first-order chi connectivity index (χ1) is 15.9. The molecule has 5 nitrogen and oxygen atoms in total. The SMILES string of the molecule is Cc1cccc(NC(=O)C(C)n2cnc3scc(-c4ccc5c(c4)CCCC5)c3c2=O)c1C. The van der Waals surface area contributed by atoms with E-state index in [4.69, 9.17) is 0 Å². The lowest BCUT2D eigenvalue weighted by Gasteiger charge is -2.17. The van der Waals surface area contributed by atoms with Gasteiger partial charge in [-0.2, -0.15) is 0 Å². The van der Waals surface area contributed by atoms with Gasteiger partial charge in [0.1, 0.15) is 10.9 Å². The number of carbonyl (C=O) groups is 1. The van der Waals surface area contributed by atoms with Crippen molar-refractivity contribution in [2.75, 3.05) is 5.32 Å². The first kappa shape index (κ1) is 21.6. The summed E-state index contributed by atoms with van der Waals surface area (Å²) in [7, 11) is 0. The van der Waals surface area contributed by atoms with Gasteiger partial charge in [-0.05, 0) is 80.3 Å². The molecule has 0 fully saturated rings. The zero-order chi connectivity index (χ0) is 23.1. The van der Waals surface area contributed by atoms with E-state index in [2.05, 4.69) is 28.5 Å². The summed E-state index contributed by atoms with van der Waals surface area (Å²) in [5.74, 6) is -0.238. The standard InChI is InChI=1S/C27H27N3O2S/c1-16-7-6-10-23(17(16)2)29-25(31)18(3)30-15-28-26-24(27(30)32)22(14-33-26)21-12-11-19-8-4-5-9-20(19)13-21/h6-7,10-15,18H,4-5,8-9H2,1-3H3,(H,29,31). The van der Waals surface area contributed by atoms with Crippen LogP contribution in [0.2, 0.25) is 0 Å². The molecule has 2 heterocycles. The number of aromatic nitrogens is 2. The van der Waals surface area contributed by atoms with E-state index in [1.807, 2.05) is 37.4 Å². The maximum Gasteiger partial charge on any atom is 0.263 e. The van der Waals surface area contributed by atoms with Crippen LogP contribution in [0.1, 0.15) is 48.1 Å². The molecule has 0 radical (unpaired) electrons. The Bertz CT molecular complexity index is 1430. The molecule has 168 valence electrons. The molecule has 4 aromatic rings. The van der Waals surface area contributed by atoms with Crippen molar-refractivity contribution >= 4 is 33.1 Å². The minimum absolute atomic E-state index is 0.183. The Morgan fingerprint density at radius 2 is 1.91 bits per heavy atom. The quantitative estimate of drug-likeness (QED) is 0.420. The summed E-state index contributed by atoms with van der Waals surface area (Å²) in [5.41, 5.74) is 7.45. The molecular weight excluding hydrogens is 430 g/mol. The third-order valence-electron chi connectivity index (χ3n) is 6.84. The number of nitrogens with zero attached hydrogens (tertiary/aromatic N) is 2. The second kappa shape index (κ2) is 8.60. The predicted octanol–water partition coefficient (Wildman–Crippen LogP) is 5.82. The summed E-state index contributed by atoms with van der Waals surface area (Å²) in [6.07, 6.45) is 6.16. The van der Waals surface area contributed by atoms with E-state index in [1.165, 1.54) is 46.2 Å². The molecule has 0 saturated carbocycles. The summed E-state index contributed by atoms with van der Waals surface area (Å²) in [5, 5.41) is 5.57. The summed E-state index contributed by atoms with van der Waals surface area (Å²) in [6, 6.07) is 11.6. The number of anilines is 1. The topological polar surface area (TPSA) is 64.0 Å². The minimum atomic E-state index is -0.689. The van der Waals surface area contributed by atoms with Crippen molar-refractivity contribution in [3.8, 4) is 11.1 Å². The largest absolute Gasteiger partial charge is 0.324 e. The number of aryl methyl sites for hydroxylation is 3. The number of thiophene rings is 1. The Kier molecular flexibility index (Phi) is 5.62. The van der Waals surface area contributed by atoms with Crippen molar-refractivity contribution in [3.63, 3.8) is 0 Å². The van der Waals surface area contributed by atoms with E-state index in [0.717, 1.165) is 40.8 Å². The number of rotatable bonds is 4. The van der Waals surface area contributed by atoms with Gasteiger partial charge >= 0.3 is 0 Å². The third kappa shape index (κ3) is 3.89. The first-order valence-electron chi connectivity index (χ1n) is 11.4. The van der Waals surface area contributed by atoms with E-state index in [-0.39, 0.29) is 11.5 Å². The highest BCUT2D eigenvalue weighted by molar-refractivity contribution is 7.17.